The van der Waals surface area contributed by atoms with Crippen LogP contribution in [0.4, 0.5) is 0 Å². The van der Waals surface area contributed by atoms with Crippen LogP contribution in [0.25, 0.3) is 11.5 Å². The van der Waals surface area contributed by atoms with Gasteiger partial charge in [-0.2, -0.15) is 5.10 Å². The molecule has 0 radical (unpaired) electrons. The Morgan fingerprint density at radius 1 is 1.23 bits per heavy atom. The van der Waals surface area contributed by atoms with E-state index in [4.69, 9.17) is 8.94 Å². The Labute approximate surface area is 128 Å². The number of nitrogens with zero attached hydrogens (tertiary/aromatic N) is 2. The Hall–Kier alpha value is -2.34. The number of nitrogens with one attached hydrogen (secondary N) is 2. The molecule has 0 saturated carbocycles. The number of aromatic nitrogens is 3. The summed E-state index contributed by atoms with van der Waals surface area (Å²) in [6.07, 6.45) is 2.73. The van der Waals surface area contributed by atoms with Gasteiger partial charge < -0.3 is 14.3 Å². The van der Waals surface area contributed by atoms with E-state index in [1.807, 2.05) is 39.1 Å². The van der Waals surface area contributed by atoms with Crippen LogP contribution in [-0.2, 0) is 13.0 Å². The smallest absolute Gasteiger partial charge is 0.152 e. The van der Waals surface area contributed by atoms with Gasteiger partial charge in [0.1, 0.15) is 17.2 Å². The molecule has 0 aromatic carbocycles. The van der Waals surface area contributed by atoms with Crippen molar-refractivity contribution in [3.63, 3.8) is 0 Å². The van der Waals surface area contributed by atoms with Crippen LogP contribution in [-0.4, -0.2) is 21.9 Å². The summed E-state index contributed by atoms with van der Waals surface area (Å²) in [6.45, 7) is 7.43. The number of aromatic amines is 1. The highest BCUT2D eigenvalue weighted by atomic mass is 16.5. The number of hydrogen-bond acceptors (Lipinski definition) is 5. The summed E-state index contributed by atoms with van der Waals surface area (Å²) in [5.41, 5.74) is 4.17. The minimum absolute atomic E-state index is 0.731. The first kappa shape index (κ1) is 14.6. The third-order valence-electron chi connectivity index (χ3n) is 3.75. The van der Waals surface area contributed by atoms with Crippen molar-refractivity contribution in [3.8, 4) is 11.5 Å². The second-order valence-electron chi connectivity index (χ2n) is 5.41. The van der Waals surface area contributed by atoms with Gasteiger partial charge in [-0.3, -0.25) is 5.10 Å². The lowest BCUT2D eigenvalue weighted by atomic mass is 10.1. The highest BCUT2D eigenvalue weighted by Crippen LogP contribution is 2.23. The fraction of sp³-hybridized carbons (Fsp3) is 0.375. The van der Waals surface area contributed by atoms with E-state index in [9.17, 15) is 0 Å². The van der Waals surface area contributed by atoms with E-state index in [2.05, 4.69) is 20.7 Å². The minimum Gasteiger partial charge on any atom is -0.460 e. The Bertz CT molecular complexity index is 734. The van der Waals surface area contributed by atoms with Crippen molar-refractivity contribution < 1.29 is 8.94 Å². The van der Waals surface area contributed by atoms with Crippen molar-refractivity contribution in [1.82, 2.24) is 20.7 Å². The molecule has 0 bridgehead atoms. The zero-order valence-corrected chi connectivity index (χ0v) is 13.1. The van der Waals surface area contributed by atoms with Gasteiger partial charge in [0.05, 0.1) is 11.9 Å². The SMILES string of the molecule is Cc1ccc(-c2[nH]ncc2CNCCc2c(C)noc2C)o1. The first-order chi connectivity index (χ1) is 10.6. The van der Waals surface area contributed by atoms with Gasteiger partial charge >= 0.3 is 0 Å². The van der Waals surface area contributed by atoms with Crippen LogP contribution in [0.2, 0.25) is 0 Å². The topological polar surface area (TPSA) is 79.9 Å². The molecule has 0 unspecified atom stereocenters. The van der Waals surface area contributed by atoms with Crippen LogP contribution < -0.4 is 5.32 Å². The van der Waals surface area contributed by atoms with Gasteiger partial charge in [-0.05, 0) is 45.9 Å². The van der Waals surface area contributed by atoms with Crippen LogP contribution in [0.3, 0.4) is 0 Å². The summed E-state index contributed by atoms with van der Waals surface area (Å²) in [4.78, 5) is 0. The van der Waals surface area contributed by atoms with E-state index < -0.39 is 0 Å². The second-order valence-corrected chi connectivity index (χ2v) is 5.41. The van der Waals surface area contributed by atoms with Crippen molar-refractivity contribution in [2.45, 2.75) is 33.7 Å². The molecule has 0 aliphatic carbocycles. The lowest BCUT2D eigenvalue weighted by Gasteiger charge is -2.04. The molecule has 0 aliphatic heterocycles. The first-order valence-electron chi connectivity index (χ1n) is 7.36. The van der Waals surface area contributed by atoms with E-state index in [-0.39, 0.29) is 0 Å². The standard InChI is InChI=1S/C16H20N4O2/c1-10-4-5-15(21-10)16-13(9-18-19-16)8-17-7-6-14-11(2)20-22-12(14)3/h4-5,9,17H,6-8H2,1-3H3,(H,18,19). The summed E-state index contributed by atoms with van der Waals surface area (Å²) < 4.78 is 10.8. The molecular formula is C16H20N4O2. The maximum atomic E-state index is 5.65. The molecule has 0 amide bonds. The average Bonchev–Trinajstić information content (AvgIpc) is 3.18. The zero-order chi connectivity index (χ0) is 15.5. The number of aryl methyl sites for hydroxylation is 3. The molecule has 3 heterocycles. The Balaban J connectivity index is 1.58. The molecule has 2 N–H and O–H groups in total. The van der Waals surface area contributed by atoms with Crippen LogP contribution in [0.5, 0.6) is 0 Å². The molecule has 0 saturated heterocycles. The third-order valence-corrected chi connectivity index (χ3v) is 3.75. The highest BCUT2D eigenvalue weighted by Gasteiger charge is 2.11. The largest absolute Gasteiger partial charge is 0.460 e. The lowest BCUT2D eigenvalue weighted by Crippen LogP contribution is -2.17. The van der Waals surface area contributed by atoms with Gasteiger partial charge in [0.15, 0.2) is 5.76 Å². The fourth-order valence-corrected chi connectivity index (χ4v) is 2.52. The second kappa shape index (κ2) is 6.19. The van der Waals surface area contributed by atoms with E-state index in [0.29, 0.717) is 0 Å². The predicted molar refractivity (Wildman–Crippen MR) is 82.4 cm³/mol. The van der Waals surface area contributed by atoms with Crippen molar-refractivity contribution >= 4 is 0 Å². The normalized spacial score (nSPS) is 11.2. The number of hydrogen-bond donors (Lipinski definition) is 2. The van der Waals surface area contributed by atoms with Crippen molar-refractivity contribution in [3.05, 3.63) is 46.7 Å². The quantitative estimate of drug-likeness (QED) is 0.684. The molecule has 6 nitrogen and oxygen atoms in total. The Morgan fingerprint density at radius 3 is 2.77 bits per heavy atom. The summed E-state index contributed by atoms with van der Waals surface area (Å²) >= 11 is 0. The van der Waals surface area contributed by atoms with E-state index in [0.717, 1.165) is 53.7 Å². The Morgan fingerprint density at radius 2 is 2.09 bits per heavy atom. The number of H-pyrrole nitrogens is 1. The van der Waals surface area contributed by atoms with Gasteiger partial charge in [-0.1, -0.05) is 5.16 Å². The fourth-order valence-electron chi connectivity index (χ4n) is 2.52. The van der Waals surface area contributed by atoms with Crippen LogP contribution in [0.1, 0.15) is 28.3 Å². The van der Waals surface area contributed by atoms with Gasteiger partial charge in [0, 0.05) is 17.7 Å². The van der Waals surface area contributed by atoms with E-state index in [1.54, 1.807) is 0 Å². The molecule has 0 fully saturated rings. The molecule has 22 heavy (non-hydrogen) atoms. The third kappa shape index (κ3) is 2.96. The molecule has 6 heteroatoms. The van der Waals surface area contributed by atoms with Gasteiger partial charge in [-0.25, -0.2) is 0 Å². The maximum absolute atomic E-state index is 5.65. The molecule has 3 rings (SSSR count). The van der Waals surface area contributed by atoms with Crippen molar-refractivity contribution in [2.75, 3.05) is 6.54 Å². The molecule has 3 aromatic rings. The molecule has 0 spiro atoms. The monoisotopic (exact) mass is 300 g/mol. The van der Waals surface area contributed by atoms with Gasteiger partial charge in [0.2, 0.25) is 0 Å². The maximum Gasteiger partial charge on any atom is 0.152 e. The van der Waals surface area contributed by atoms with Gasteiger partial charge in [0.25, 0.3) is 0 Å². The molecule has 3 aromatic heterocycles. The lowest BCUT2D eigenvalue weighted by molar-refractivity contribution is 0.392. The zero-order valence-electron chi connectivity index (χ0n) is 13.1. The molecule has 0 atom stereocenters. The molecular weight excluding hydrogens is 280 g/mol. The summed E-state index contributed by atoms with van der Waals surface area (Å²) in [6, 6.07) is 3.90. The molecule has 116 valence electrons. The van der Waals surface area contributed by atoms with E-state index in [1.165, 1.54) is 5.56 Å². The molecule has 0 aliphatic rings. The van der Waals surface area contributed by atoms with Gasteiger partial charge in [-0.15, -0.1) is 0 Å². The predicted octanol–water partition coefficient (Wildman–Crippen LogP) is 2.92. The number of rotatable bonds is 6. The minimum atomic E-state index is 0.731. The average molecular weight is 300 g/mol. The summed E-state index contributed by atoms with van der Waals surface area (Å²) in [5.74, 6) is 2.61. The van der Waals surface area contributed by atoms with Crippen LogP contribution in [0.15, 0.2) is 27.3 Å². The van der Waals surface area contributed by atoms with Crippen molar-refractivity contribution in [2.24, 2.45) is 0 Å². The van der Waals surface area contributed by atoms with E-state index >= 15 is 0 Å². The summed E-state index contributed by atoms with van der Waals surface area (Å²) in [5, 5.41) is 14.5. The first-order valence-corrected chi connectivity index (χ1v) is 7.36. The Kier molecular flexibility index (Phi) is 4.11. The number of furan rings is 1. The highest BCUT2D eigenvalue weighted by molar-refractivity contribution is 5.56. The van der Waals surface area contributed by atoms with Crippen molar-refractivity contribution in [1.29, 1.82) is 0 Å². The van der Waals surface area contributed by atoms with Crippen LogP contribution in [0, 0.1) is 20.8 Å². The summed E-state index contributed by atoms with van der Waals surface area (Å²) in [7, 11) is 0. The van der Waals surface area contributed by atoms with Crippen LogP contribution >= 0.6 is 0 Å².